The predicted octanol–water partition coefficient (Wildman–Crippen LogP) is 4.30. The first-order valence-electron chi connectivity index (χ1n) is 7.42. The molecule has 24 heavy (non-hydrogen) atoms. The minimum Gasteiger partial charge on any atom is -0.287 e. The monoisotopic (exact) mass is 333 g/mol. The van der Waals surface area contributed by atoms with E-state index >= 15 is 0 Å². The minimum atomic E-state index is -0.152. The first-order valence-corrected chi connectivity index (χ1v) is 7.80. The third-order valence-electron chi connectivity index (χ3n) is 3.83. The van der Waals surface area contributed by atoms with Gasteiger partial charge in [-0.1, -0.05) is 53.2 Å². The molecule has 1 heterocycles. The molecule has 0 saturated carbocycles. The van der Waals surface area contributed by atoms with Crippen LogP contribution in [0.5, 0.6) is 0 Å². The van der Waals surface area contributed by atoms with Gasteiger partial charge in [0.1, 0.15) is 0 Å². The molecule has 4 aromatic rings. The van der Waals surface area contributed by atoms with Crippen LogP contribution in [0.15, 0.2) is 72.9 Å². The lowest BCUT2D eigenvalue weighted by atomic mass is 10.0. The van der Waals surface area contributed by atoms with Crippen LogP contribution in [-0.2, 0) is 0 Å². The summed E-state index contributed by atoms with van der Waals surface area (Å²) >= 11 is 5.88. The van der Waals surface area contributed by atoms with Crippen LogP contribution in [0, 0.1) is 0 Å². The largest absolute Gasteiger partial charge is 0.287 e. The van der Waals surface area contributed by atoms with Crippen molar-refractivity contribution in [1.82, 2.24) is 15.0 Å². The van der Waals surface area contributed by atoms with Crippen molar-refractivity contribution in [2.45, 2.75) is 0 Å². The molecule has 0 aliphatic heterocycles. The molecular weight excluding hydrogens is 322 g/mol. The Morgan fingerprint density at radius 1 is 0.917 bits per heavy atom. The van der Waals surface area contributed by atoms with Crippen LogP contribution in [0.1, 0.15) is 16.1 Å². The number of hydrogen-bond donors (Lipinski definition) is 0. The quantitative estimate of drug-likeness (QED) is 0.525. The summed E-state index contributed by atoms with van der Waals surface area (Å²) in [4.78, 5) is 12.7. The average Bonchev–Trinajstić information content (AvgIpc) is 3.11. The molecule has 0 aliphatic carbocycles. The Morgan fingerprint density at radius 2 is 1.67 bits per heavy atom. The number of carbonyl (C=O) groups excluding carboxylic acids is 1. The van der Waals surface area contributed by atoms with Crippen molar-refractivity contribution in [3.8, 4) is 5.69 Å². The van der Waals surface area contributed by atoms with E-state index in [4.69, 9.17) is 11.6 Å². The Kier molecular flexibility index (Phi) is 3.59. The van der Waals surface area contributed by atoms with E-state index in [1.165, 1.54) is 0 Å². The average molecular weight is 334 g/mol. The van der Waals surface area contributed by atoms with Gasteiger partial charge in [-0.2, -0.15) is 0 Å². The summed E-state index contributed by atoms with van der Waals surface area (Å²) in [6, 6.07) is 20.7. The second-order valence-corrected chi connectivity index (χ2v) is 5.85. The van der Waals surface area contributed by atoms with Crippen molar-refractivity contribution in [3.63, 3.8) is 0 Å². The van der Waals surface area contributed by atoms with Crippen molar-refractivity contribution < 1.29 is 4.79 Å². The maximum absolute atomic E-state index is 12.7. The zero-order valence-corrected chi connectivity index (χ0v) is 13.3. The maximum atomic E-state index is 12.7. The highest BCUT2D eigenvalue weighted by Crippen LogP contribution is 2.18. The summed E-state index contributed by atoms with van der Waals surface area (Å²) < 4.78 is 1.56. The Bertz CT molecular complexity index is 1040. The molecule has 0 N–H and O–H groups in total. The fourth-order valence-corrected chi connectivity index (χ4v) is 2.69. The molecule has 0 unspecified atom stereocenters. The number of benzene rings is 3. The van der Waals surface area contributed by atoms with Crippen LogP contribution >= 0.6 is 11.6 Å². The van der Waals surface area contributed by atoms with Gasteiger partial charge in [0, 0.05) is 10.6 Å². The molecule has 5 heteroatoms. The molecule has 116 valence electrons. The topological polar surface area (TPSA) is 47.8 Å². The number of nitrogens with zero attached hydrogens (tertiary/aromatic N) is 3. The summed E-state index contributed by atoms with van der Waals surface area (Å²) in [5.74, 6) is -0.152. The molecule has 0 atom stereocenters. The minimum absolute atomic E-state index is 0.152. The van der Waals surface area contributed by atoms with Gasteiger partial charge in [-0.05, 0) is 41.1 Å². The number of fused-ring (bicyclic) bond motifs is 1. The van der Waals surface area contributed by atoms with Crippen molar-refractivity contribution >= 4 is 28.2 Å². The van der Waals surface area contributed by atoms with Gasteiger partial charge in [-0.3, -0.25) is 4.79 Å². The molecule has 0 radical (unpaired) electrons. The number of carbonyl (C=O) groups is 1. The number of aromatic nitrogens is 3. The first kappa shape index (κ1) is 14.6. The number of rotatable bonds is 3. The summed E-state index contributed by atoms with van der Waals surface area (Å²) in [5.41, 5.74) is 1.70. The Labute approximate surface area is 143 Å². The number of halogens is 1. The highest BCUT2D eigenvalue weighted by Gasteiger charge is 2.14. The van der Waals surface area contributed by atoms with E-state index < -0.39 is 0 Å². The van der Waals surface area contributed by atoms with Gasteiger partial charge in [0.2, 0.25) is 5.78 Å². The molecule has 0 amide bonds. The molecule has 0 saturated heterocycles. The Morgan fingerprint density at radius 3 is 2.46 bits per heavy atom. The predicted molar refractivity (Wildman–Crippen MR) is 93.7 cm³/mol. The molecule has 0 bridgehead atoms. The van der Waals surface area contributed by atoms with E-state index in [1.807, 2.05) is 54.6 Å². The van der Waals surface area contributed by atoms with E-state index in [0.29, 0.717) is 16.3 Å². The SMILES string of the molecule is O=C(c1ccc2ccccc2c1)c1cn(-c2ccc(Cl)cc2)nn1. The Hall–Kier alpha value is -2.98. The summed E-state index contributed by atoms with van der Waals surface area (Å²) in [6.07, 6.45) is 1.63. The van der Waals surface area contributed by atoms with Crippen LogP contribution in [-0.4, -0.2) is 20.8 Å². The fourth-order valence-electron chi connectivity index (χ4n) is 2.57. The van der Waals surface area contributed by atoms with Crippen molar-refractivity contribution in [2.24, 2.45) is 0 Å². The van der Waals surface area contributed by atoms with Crippen LogP contribution < -0.4 is 0 Å². The van der Waals surface area contributed by atoms with Crippen LogP contribution in [0.3, 0.4) is 0 Å². The molecule has 4 rings (SSSR count). The van der Waals surface area contributed by atoms with Gasteiger partial charge in [0.15, 0.2) is 5.69 Å². The highest BCUT2D eigenvalue weighted by molar-refractivity contribution is 6.30. The van der Waals surface area contributed by atoms with Gasteiger partial charge >= 0.3 is 0 Å². The maximum Gasteiger partial charge on any atom is 0.214 e. The van der Waals surface area contributed by atoms with E-state index in [0.717, 1.165) is 16.5 Å². The van der Waals surface area contributed by atoms with Crippen LogP contribution in [0.25, 0.3) is 16.5 Å². The highest BCUT2D eigenvalue weighted by atomic mass is 35.5. The van der Waals surface area contributed by atoms with Crippen molar-refractivity contribution in [1.29, 1.82) is 0 Å². The zero-order valence-electron chi connectivity index (χ0n) is 12.6. The third kappa shape index (κ3) is 2.68. The lowest BCUT2D eigenvalue weighted by Gasteiger charge is -2.01. The smallest absolute Gasteiger partial charge is 0.214 e. The summed E-state index contributed by atoms with van der Waals surface area (Å²) in [5, 5.41) is 10.8. The molecule has 1 aromatic heterocycles. The van der Waals surface area contributed by atoms with Crippen LogP contribution in [0.2, 0.25) is 5.02 Å². The van der Waals surface area contributed by atoms with Gasteiger partial charge in [-0.15, -0.1) is 5.10 Å². The molecular formula is C19H12ClN3O. The van der Waals surface area contributed by atoms with Gasteiger partial charge in [0.05, 0.1) is 11.9 Å². The van der Waals surface area contributed by atoms with Gasteiger partial charge < -0.3 is 0 Å². The van der Waals surface area contributed by atoms with Crippen molar-refractivity contribution in [2.75, 3.05) is 0 Å². The fraction of sp³-hybridized carbons (Fsp3) is 0. The van der Waals surface area contributed by atoms with E-state index in [1.54, 1.807) is 23.0 Å². The molecule has 0 fully saturated rings. The molecule has 3 aromatic carbocycles. The van der Waals surface area contributed by atoms with E-state index in [9.17, 15) is 4.79 Å². The van der Waals surface area contributed by atoms with Gasteiger partial charge in [-0.25, -0.2) is 4.68 Å². The normalized spacial score (nSPS) is 10.9. The molecule has 4 nitrogen and oxygen atoms in total. The van der Waals surface area contributed by atoms with E-state index in [-0.39, 0.29) is 5.78 Å². The first-order chi connectivity index (χ1) is 11.7. The second-order valence-electron chi connectivity index (χ2n) is 5.42. The lowest BCUT2D eigenvalue weighted by Crippen LogP contribution is -2.01. The third-order valence-corrected chi connectivity index (χ3v) is 4.08. The Balaban J connectivity index is 1.67. The van der Waals surface area contributed by atoms with E-state index in [2.05, 4.69) is 10.3 Å². The second kappa shape index (κ2) is 5.91. The standard InChI is InChI=1S/C19H12ClN3O/c20-16-7-9-17(10-8-16)23-12-18(21-22-23)19(24)15-6-5-13-3-1-2-4-14(13)11-15/h1-12H. The van der Waals surface area contributed by atoms with Crippen molar-refractivity contribution in [3.05, 3.63) is 89.2 Å². The van der Waals surface area contributed by atoms with Gasteiger partial charge in [0.25, 0.3) is 0 Å². The lowest BCUT2D eigenvalue weighted by molar-refractivity contribution is 0.103. The molecule has 0 aliphatic rings. The molecule has 0 spiro atoms. The summed E-state index contributed by atoms with van der Waals surface area (Å²) in [6.45, 7) is 0. The summed E-state index contributed by atoms with van der Waals surface area (Å²) in [7, 11) is 0. The number of hydrogen-bond acceptors (Lipinski definition) is 3. The zero-order chi connectivity index (χ0) is 16.5. The number of ketones is 1. The van der Waals surface area contributed by atoms with Crippen LogP contribution in [0.4, 0.5) is 0 Å².